The van der Waals surface area contributed by atoms with Gasteiger partial charge >= 0.3 is 0 Å². The van der Waals surface area contributed by atoms with Gasteiger partial charge < -0.3 is 9.64 Å². The highest BCUT2D eigenvalue weighted by molar-refractivity contribution is 7.09. The first-order chi connectivity index (χ1) is 9.79. The number of nitrogens with zero attached hydrogens (tertiary/aromatic N) is 3. The first-order valence-corrected chi connectivity index (χ1v) is 7.69. The van der Waals surface area contributed by atoms with Crippen molar-refractivity contribution in [2.24, 2.45) is 0 Å². The van der Waals surface area contributed by atoms with E-state index in [9.17, 15) is 0 Å². The number of aryl methyl sites for hydroxylation is 1. The zero-order valence-electron chi connectivity index (χ0n) is 11.9. The maximum absolute atomic E-state index is 5.07. The molecule has 1 aliphatic rings. The predicted molar refractivity (Wildman–Crippen MR) is 81.4 cm³/mol. The summed E-state index contributed by atoms with van der Waals surface area (Å²) in [6.07, 6.45) is 3.09. The maximum atomic E-state index is 5.07. The lowest BCUT2D eigenvalue weighted by molar-refractivity contribution is 0.201. The molecule has 0 amide bonds. The SMILES string of the molecule is COCCc1nsc(N(C)C2CCc3ccccc32)n1. The van der Waals surface area contributed by atoms with Gasteiger partial charge in [-0.15, -0.1) is 0 Å². The largest absolute Gasteiger partial charge is 0.384 e. The molecule has 5 heteroatoms. The highest BCUT2D eigenvalue weighted by atomic mass is 32.1. The smallest absolute Gasteiger partial charge is 0.205 e. The highest BCUT2D eigenvalue weighted by Crippen LogP contribution is 2.37. The number of hydrogen-bond acceptors (Lipinski definition) is 5. The van der Waals surface area contributed by atoms with Gasteiger partial charge in [-0.05, 0) is 24.0 Å². The van der Waals surface area contributed by atoms with E-state index in [1.807, 2.05) is 0 Å². The number of methoxy groups -OCH3 is 1. The summed E-state index contributed by atoms with van der Waals surface area (Å²) in [5.74, 6) is 0.880. The second-order valence-electron chi connectivity index (χ2n) is 5.10. The third-order valence-corrected chi connectivity index (χ3v) is 4.70. The number of aromatic nitrogens is 2. The Bertz CT molecular complexity index is 584. The Hall–Kier alpha value is -1.46. The number of anilines is 1. The molecule has 0 saturated carbocycles. The van der Waals surface area contributed by atoms with E-state index in [2.05, 4.69) is 45.6 Å². The van der Waals surface area contributed by atoms with Gasteiger partial charge in [-0.1, -0.05) is 24.3 Å². The maximum Gasteiger partial charge on any atom is 0.205 e. The van der Waals surface area contributed by atoms with Gasteiger partial charge in [-0.2, -0.15) is 4.37 Å². The van der Waals surface area contributed by atoms with Crippen molar-refractivity contribution in [3.8, 4) is 0 Å². The van der Waals surface area contributed by atoms with Crippen LogP contribution in [-0.4, -0.2) is 30.1 Å². The Morgan fingerprint density at radius 1 is 1.40 bits per heavy atom. The molecule has 0 aliphatic heterocycles. The molecule has 0 bridgehead atoms. The third-order valence-electron chi connectivity index (χ3n) is 3.86. The lowest BCUT2D eigenvalue weighted by Gasteiger charge is -2.24. The second-order valence-corrected chi connectivity index (χ2v) is 5.83. The van der Waals surface area contributed by atoms with Crippen LogP contribution in [-0.2, 0) is 17.6 Å². The van der Waals surface area contributed by atoms with Crippen molar-refractivity contribution in [3.63, 3.8) is 0 Å². The minimum Gasteiger partial charge on any atom is -0.384 e. The standard InChI is InChI=1S/C15H19N3OS/c1-18(15-16-14(17-20-15)9-10-19-2)13-8-7-11-5-3-4-6-12(11)13/h3-6,13H,7-10H2,1-2H3. The van der Waals surface area contributed by atoms with E-state index >= 15 is 0 Å². The molecule has 1 aromatic carbocycles. The van der Waals surface area contributed by atoms with E-state index in [-0.39, 0.29) is 0 Å². The fourth-order valence-electron chi connectivity index (χ4n) is 2.75. The van der Waals surface area contributed by atoms with Crippen LogP contribution in [0.1, 0.15) is 29.4 Å². The Balaban J connectivity index is 1.76. The van der Waals surface area contributed by atoms with Crippen molar-refractivity contribution >= 4 is 16.7 Å². The Morgan fingerprint density at radius 3 is 3.10 bits per heavy atom. The fraction of sp³-hybridized carbons (Fsp3) is 0.467. The van der Waals surface area contributed by atoms with Crippen LogP contribution in [0.15, 0.2) is 24.3 Å². The molecule has 20 heavy (non-hydrogen) atoms. The number of fused-ring (bicyclic) bond motifs is 1. The van der Waals surface area contributed by atoms with Crippen molar-refractivity contribution in [2.75, 3.05) is 25.7 Å². The van der Waals surface area contributed by atoms with Crippen LogP contribution in [0.4, 0.5) is 5.13 Å². The summed E-state index contributed by atoms with van der Waals surface area (Å²) in [7, 11) is 3.82. The summed E-state index contributed by atoms with van der Waals surface area (Å²) < 4.78 is 9.48. The van der Waals surface area contributed by atoms with E-state index in [1.54, 1.807) is 7.11 Å². The molecule has 0 radical (unpaired) electrons. The summed E-state index contributed by atoms with van der Waals surface area (Å²) in [4.78, 5) is 6.88. The number of benzene rings is 1. The molecule has 4 nitrogen and oxygen atoms in total. The Labute approximate surface area is 123 Å². The third kappa shape index (κ3) is 2.55. The van der Waals surface area contributed by atoms with Gasteiger partial charge in [0.15, 0.2) is 0 Å². The molecular formula is C15H19N3OS. The van der Waals surface area contributed by atoms with Gasteiger partial charge in [-0.25, -0.2) is 4.98 Å². The zero-order chi connectivity index (χ0) is 13.9. The summed E-state index contributed by atoms with van der Waals surface area (Å²) in [6.45, 7) is 0.673. The number of ether oxygens (including phenoxy) is 1. The zero-order valence-corrected chi connectivity index (χ0v) is 12.7. The molecule has 1 unspecified atom stereocenters. The predicted octanol–water partition coefficient (Wildman–Crippen LogP) is 2.85. The van der Waals surface area contributed by atoms with E-state index in [1.165, 1.54) is 22.7 Å². The van der Waals surface area contributed by atoms with Gasteiger partial charge in [-0.3, -0.25) is 0 Å². The summed E-state index contributed by atoms with van der Waals surface area (Å²) in [5.41, 5.74) is 2.90. The van der Waals surface area contributed by atoms with Crippen LogP contribution >= 0.6 is 11.5 Å². The van der Waals surface area contributed by atoms with Crippen LogP contribution in [0.2, 0.25) is 0 Å². The van der Waals surface area contributed by atoms with Crippen LogP contribution in [0.3, 0.4) is 0 Å². The van der Waals surface area contributed by atoms with Crippen molar-refractivity contribution in [2.45, 2.75) is 25.3 Å². The molecule has 0 fully saturated rings. The summed E-state index contributed by atoms with van der Waals surface area (Å²) >= 11 is 1.48. The lowest BCUT2D eigenvalue weighted by atomic mass is 10.1. The quantitative estimate of drug-likeness (QED) is 0.848. The summed E-state index contributed by atoms with van der Waals surface area (Å²) in [5, 5.41) is 0.998. The van der Waals surface area contributed by atoms with Gasteiger partial charge in [0, 0.05) is 32.1 Å². The van der Waals surface area contributed by atoms with E-state index in [0.29, 0.717) is 12.6 Å². The van der Waals surface area contributed by atoms with Crippen LogP contribution in [0, 0.1) is 0 Å². The van der Waals surface area contributed by atoms with Crippen molar-refractivity contribution < 1.29 is 4.74 Å². The second kappa shape index (κ2) is 5.89. The monoisotopic (exact) mass is 289 g/mol. The Morgan fingerprint density at radius 2 is 2.25 bits per heavy atom. The molecule has 1 aromatic heterocycles. The normalized spacial score (nSPS) is 17.2. The van der Waals surface area contributed by atoms with Gasteiger partial charge in [0.25, 0.3) is 0 Å². The molecule has 1 atom stereocenters. The average Bonchev–Trinajstić information content (AvgIpc) is 3.11. The van der Waals surface area contributed by atoms with Crippen LogP contribution in [0.25, 0.3) is 0 Å². The van der Waals surface area contributed by atoms with Crippen LogP contribution in [0.5, 0.6) is 0 Å². The molecular weight excluding hydrogens is 270 g/mol. The first-order valence-electron chi connectivity index (χ1n) is 6.91. The minimum atomic E-state index is 0.425. The molecule has 2 aromatic rings. The van der Waals surface area contributed by atoms with E-state index < -0.39 is 0 Å². The number of rotatable bonds is 5. The Kier molecular flexibility index (Phi) is 3.98. The average molecular weight is 289 g/mol. The molecule has 106 valence electrons. The molecule has 1 heterocycles. The van der Waals surface area contributed by atoms with Gasteiger partial charge in [0.2, 0.25) is 5.13 Å². The van der Waals surface area contributed by atoms with Crippen molar-refractivity contribution in [1.82, 2.24) is 9.36 Å². The molecule has 3 rings (SSSR count). The lowest BCUT2D eigenvalue weighted by Crippen LogP contribution is -2.22. The van der Waals surface area contributed by atoms with Gasteiger partial charge in [0.05, 0.1) is 12.6 Å². The minimum absolute atomic E-state index is 0.425. The molecule has 0 N–H and O–H groups in total. The van der Waals surface area contributed by atoms with Crippen molar-refractivity contribution in [3.05, 3.63) is 41.2 Å². The molecule has 0 spiro atoms. The topological polar surface area (TPSA) is 38.2 Å². The van der Waals surface area contributed by atoms with E-state index in [4.69, 9.17) is 4.74 Å². The van der Waals surface area contributed by atoms with E-state index in [0.717, 1.165) is 30.2 Å². The van der Waals surface area contributed by atoms with Crippen LogP contribution < -0.4 is 4.90 Å². The summed E-state index contributed by atoms with van der Waals surface area (Å²) in [6, 6.07) is 9.13. The fourth-order valence-corrected chi connectivity index (χ4v) is 3.47. The van der Waals surface area contributed by atoms with Gasteiger partial charge in [0.1, 0.15) is 5.82 Å². The first kappa shape index (κ1) is 13.5. The molecule has 0 saturated heterocycles. The highest BCUT2D eigenvalue weighted by Gasteiger charge is 2.27. The number of hydrogen-bond donors (Lipinski definition) is 0. The molecule has 1 aliphatic carbocycles. The van der Waals surface area contributed by atoms with Crippen molar-refractivity contribution in [1.29, 1.82) is 0 Å².